The first-order valence-electron chi connectivity index (χ1n) is 17.1. The van der Waals surface area contributed by atoms with Crippen LogP contribution in [0, 0.1) is 0 Å². The first-order valence-corrected chi connectivity index (χ1v) is 17.1. The maximum atomic E-state index is 5.26. The SMILES string of the molecule is C1=C(c2cccc3c4ccccc4n(-c4cnc(-c5ccccc5)nc4-c4ccccc4)c23)CCc2c1c1cccnc1n2-c1ccccc1. The lowest BCUT2D eigenvalue weighted by Gasteiger charge is -2.20. The predicted octanol–water partition coefficient (Wildman–Crippen LogP) is 10.7. The highest BCUT2D eigenvalue weighted by Gasteiger charge is 2.25. The molecule has 50 heavy (non-hydrogen) atoms. The van der Waals surface area contributed by atoms with Crippen molar-refractivity contribution in [3.63, 3.8) is 0 Å². The van der Waals surface area contributed by atoms with Crippen molar-refractivity contribution < 1.29 is 0 Å². The van der Waals surface area contributed by atoms with Crippen LogP contribution in [0.25, 0.3) is 78.5 Å². The van der Waals surface area contributed by atoms with Gasteiger partial charge in [-0.3, -0.25) is 4.57 Å². The fourth-order valence-corrected chi connectivity index (χ4v) is 7.77. The largest absolute Gasteiger partial charge is 0.305 e. The zero-order chi connectivity index (χ0) is 33.0. The number of pyridine rings is 1. The van der Waals surface area contributed by atoms with Gasteiger partial charge in [-0.05, 0) is 54.8 Å². The highest BCUT2D eigenvalue weighted by molar-refractivity contribution is 6.14. The van der Waals surface area contributed by atoms with Crippen molar-refractivity contribution >= 4 is 44.5 Å². The van der Waals surface area contributed by atoms with Gasteiger partial charge in [-0.25, -0.2) is 15.0 Å². The summed E-state index contributed by atoms with van der Waals surface area (Å²) in [5.41, 5.74) is 13.4. The smallest absolute Gasteiger partial charge is 0.159 e. The summed E-state index contributed by atoms with van der Waals surface area (Å²) in [6.45, 7) is 0. The van der Waals surface area contributed by atoms with Crippen LogP contribution in [-0.4, -0.2) is 24.1 Å². The number of para-hydroxylation sites is 3. The van der Waals surface area contributed by atoms with E-state index in [4.69, 9.17) is 15.0 Å². The number of aromatic nitrogens is 5. The van der Waals surface area contributed by atoms with Crippen molar-refractivity contribution in [3.8, 4) is 34.0 Å². The van der Waals surface area contributed by atoms with Gasteiger partial charge in [0.2, 0.25) is 0 Å². The molecule has 4 aromatic heterocycles. The number of benzene rings is 5. The van der Waals surface area contributed by atoms with Gasteiger partial charge in [-0.2, -0.15) is 0 Å². The molecule has 236 valence electrons. The Kier molecular flexibility index (Phi) is 6.56. The van der Waals surface area contributed by atoms with Gasteiger partial charge < -0.3 is 4.57 Å². The quantitative estimate of drug-likeness (QED) is 0.188. The van der Waals surface area contributed by atoms with E-state index in [-0.39, 0.29) is 0 Å². The summed E-state index contributed by atoms with van der Waals surface area (Å²) in [4.78, 5) is 15.1. The van der Waals surface area contributed by atoms with E-state index in [1.54, 1.807) is 0 Å². The van der Waals surface area contributed by atoms with Gasteiger partial charge in [-0.1, -0.05) is 115 Å². The van der Waals surface area contributed by atoms with Crippen molar-refractivity contribution in [2.75, 3.05) is 0 Å². The van der Waals surface area contributed by atoms with E-state index < -0.39 is 0 Å². The van der Waals surface area contributed by atoms with Crippen LogP contribution in [0.1, 0.15) is 23.2 Å². The Bertz CT molecular complexity index is 2740. The molecular formula is C45H31N5. The van der Waals surface area contributed by atoms with Gasteiger partial charge in [0, 0.05) is 56.0 Å². The molecule has 0 N–H and O–H groups in total. The van der Waals surface area contributed by atoms with E-state index in [2.05, 4.69) is 137 Å². The van der Waals surface area contributed by atoms with Crippen molar-refractivity contribution in [2.24, 2.45) is 0 Å². The lowest BCUT2D eigenvalue weighted by Crippen LogP contribution is -2.07. The van der Waals surface area contributed by atoms with Crippen molar-refractivity contribution in [1.29, 1.82) is 0 Å². The van der Waals surface area contributed by atoms with Gasteiger partial charge in [0.1, 0.15) is 5.65 Å². The average molecular weight is 642 g/mol. The minimum Gasteiger partial charge on any atom is -0.305 e. The molecule has 0 bridgehead atoms. The molecule has 0 radical (unpaired) electrons. The van der Waals surface area contributed by atoms with Crippen LogP contribution in [0.4, 0.5) is 0 Å². The molecule has 0 aliphatic heterocycles. The Hall–Kier alpha value is -6.59. The molecule has 1 aliphatic rings. The second-order valence-electron chi connectivity index (χ2n) is 12.8. The van der Waals surface area contributed by atoms with E-state index in [1.165, 1.54) is 44.1 Å². The molecule has 4 heterocycles. The standard InChI is InChI=1S/C45H31N5/c1-4-14-30(15-5-1)42-41(29-47-44(48-42)31-16-6-2-7-17-31)50-39-24-11-10-20-35(39)36-22-12-21-34(43(36)50)32-25-26-40-38(28-32)37-23-13-27-46-45(37)49(40)33-18-8-3-9-19-33/h1-24,27-29H,25-26H2. The predicted molar refractivity (Wildman–Crippen MR) is 205 cm³/mol. The van der Waals surface area contributed by atoms with E-state index in [0.29, 0.717) is 5.82 Å². The summed E-state index contributed by atoms with van der Waals surface area (Å²) in [5.74, 6) is 0.708. The third-order valence-corrected chi connectivity index (χ3v) is 9.96. The van der Waals surface area contributed by atoms with Crippen molar-refractivity contribution in [3.05, 3.63) is 175 Å². The fourth-order valence-electron chi connectivity index (χ4n) is 7.77. The summed E-state index contributed by atoms with van der Waals surface area (Å²) < 4.78 is 4.73. The van der Waals surface area contributed by atoms with Crippen LogP contribution in [0.2, 0.25) is 0 Å². The lowest BCUT2D eigenvalue weighted by atomic mass is 9.90. The molecule has 0 saturated carbocycles. The van der Waals surface area contributed by atoms with Crippen molar-refractivity contribution in [1.82, 2.24) is 24.1 Å². The topological polar surface area (TPSA) is 48.5 Å². The highest BCUT2D eigenvalue weighted by atomic mass is 15.1. The van der Waals surface area contributed by atoms with Crippen LogP contribution >= 0.6 is 0 Å². The first kappa shape index (κ1) is 28.4. The number of hydrogen-bond donors (Lipinski definition) is 0. The van der Waals surface area contributed by atoms with E-state index >= 15 is 0 Å². The van der Waals surface area contributed by atoms with E-state index in [9.17, 15) is 0 Å². The second-order valence-corrected chi connectivity index (χ2v) is 12.8. The third kappa shape index (κ3) is 4.44. The molecule has 1 aliphatic carbocycles. The highest BCUT2D eigenvalue weighted by Crippen LogP contribution is 2.43. The van der Waals surface area contributed by atoms with Gasteiger partial charge in [0.15, 0.2) is 5.82 Å². The molecule has 5 heteroatoms. The molecule has 5 aromatic carbocycles. The third-order valence-electron chi connectivity index (χ3n) is 9.96. The van der Waals surface area contributed by atoms with Crippen molar-refractivity contribution in [2.45, 2.75) is 12.8 Å². The molecule has 10 rings (SSSR count). The average Bonchev–Trinajstić information content (AvgIpc) is 3.71. The van der Waals surface area contributed by atoms with Crippen LogP contribution in [0.3, 0.4) is 0 Å². The fraction of sp³-hybridized carbons (Fsp3) is 0.0444. The monoisotopic (exact) mass is 641 g/mol. The molecule has 0 fully saturated rings. The Morgan fingerprint density at radius 1 is 0.540 bits per heavy atom. The Labute approximate surface area is 289 Å². The summed E-state index contributed by atoms with van der Waals surface area (Å²) in [6.07, 6.45) is 8.13. The maximum Gasteiger partial charge on any atom is 0.159 e. The molecular weight excluding hydrogens is 611 g/mol. The van der Waals surface area contributed by atoms with Gasteiger partial charge in [-0.15, -0.1) is 0 Å². The Morgan fingerprint density at radius 3 is 2.06 bits per heavy atom. The lowest BCUT2D eigenvalue weighted by molar-refractivity contribution is 0.891. The first-order chi connectivity index (χ1) is 24.8. The molecule has 0 unspecified atom stereocenters. The number of hydrogen-bond acceptors (Lipinski definition) is 3. The number of fused-ring (bicyclic) bond motifs is 6. The number of rotatable bonds is 5. The van der Waals surface area contributed by atoms with Crippen LogP contribution in [0.15, 0.2) is 158 Å². The van der Waals surface area contributed by atoms with Crippen LogP contribution < -0.4 is 0 Å². The molecule has 0 amide bonds. The normalized spacial score (nSPS) is 12.8. The Balaban J connectivity index is 1.24. The Morgan fingerprint density at radius 2 is 1.24 bits per heavy atom. The molecule has 9 aromatic rings. The number of allylic oxidation sites excluding steroid dienone is 1. The second kappa shape index (κ2) is 11.5. The van der Waals surface area contributed by atoms with Crippen LogP contribution in [-0.2, 0) is 6.42 Å². The summed E-state index contributed by atoms with van der Waals surface area (Å²) in [6, 6.07) is 51.0. The minimum atomic E-state index is 0.708. The zero-order valence-electron chi connectivity index (χ0n) is 27.2. The van der Waals surface area contributed by atoms with Gasteiger partial charge in [0.05, 0.1) is 28.6 Å². The number of nitrogens with zero attached hydrogens (tertiary/aromatic N) is 5. The maximum absolute atomic E-state index is 5.26. The summed E-state index contributed by atoms with van der Waals surface area (Å²) >= 11 is 0. The van der Waals surface area contributed by atoms with E-state index in [0.717, 1.165) is 52.2 Å². The van der Waals surface area contributed by atoms with Crippen LogP contribution in [0.5, 0.6) is 0 Å². The van der Waals surface area contributed by atoms with E-state index in [1.807, 2.05) is 36.7 Å². The minimum absolute atomic E-state index is 0.708. The van der Waals surface area contributed by atoms with Gasteiger partial charge >= 0.3 is 0 Å². The molecule has 0 saturated heterocycles. The molecule has 0 spiro atoms. The van der Waals surface area contributed by atoms with Gasteiger partial charge in [0.25, 0.3) is 0 Å². The zero-order valence-corrected chi connectivity index (χ0v) is 27.2. The molecule has 0 atom stereocenters. The summed E-state index contributed by atoms with van der Waals surface area (Å²) in [7, 11) is 0. The summed E-state index contributed by atoms with van der Waals surface area (Å²) in [5, 5.41) is 3.59. The molecule has 5 nitrogen and oxygen atoms in total.